The molecular weight excluding hydrogens is 330 g/mol. The molecule has 0 radical (unpaired) electrons. The Balaban J connectivity index is 2.69. The first-order valence-electron chi connectivity index (χ1n) is 10.3. The van der Waals surface area contributed by atoms with Crippen LogP contribution >= 0.6 is 0 Å². The van der Waals surface area contributed by atoms with Gasteiger partial charge in [0, 0.05) is 19.5 Å². The minimum Gasteiger partial charge on any atom is -0.393 e. The van der Waals surface area contributed by atoms with Crippen molar-refractivity contribution in [2.75, 3.05) is 13.1 Å². The molecule has 1 saturated heterocycles. The van der Waals surface area contributed by atoms with Crippen molar-refractivity contribution in [2.24, 2.45) is 11.1 Å². The smallest absolute Gasteiger partial charge is 0.238 e. The van der Waals surface area contributed by atoms with Crippen LogP contribution in [0.15, 0.2) is 0 Å². The molecule has 1 rings (SSSR count). The summed E-state index contributed by atoms with van der Waals surface area (Å²) in [6.45, 7) is 9.39. The number of nitrogens with zero attached hydrogens (tertiary/aromatic N) is 2. The number of unbranched alkanes of at least 4 members (excludes halogenated alkanes) is 3. The Labute approximate surface area is 159 Å². The topological polar surface area (TPSA) is 86.9 Å². The number of carbonyl (C=O) groups excluding carboxylic acids is 2. The second-order valence-corrected chi connectivity index (χ2v) is 8.24. The van der Waals surface area contributed by atoms with E-state index in [0.717, 1.165) is 38.5 Å². The highest BCUT2D eigenvalue weighted by atomic mass is 16.3. The van der Waals surface area contributed by atoms with Gasteiger partial charge in [0.15, 0.2) is 0 Å². The number of nitrogens with two attached hydrogens (primary N) is 1. The average molecular weight is 370 g/mol. The van der Waals surface area contributed by atoms with Crippen LogP contribution in [0.1, 0.15) is 85.5 Å². The zero-order valence-electron chi connectivity index (χ0n) is 17.2. The summed E-state index contributed by atoms with van der Waals surface area (Å²) in [6, 6.07) is -0.432. The summed E-state index contributed by atoms with van der Waals surface area (Å²) in [5, 5.41) is 14.1. The third kappa shape index (κ3) is 6.54. The fraction of sp³-hybridized carbons (Fsp3) is 0.900. The lowest BCUT2D eigenvalue weighted by atomic mass is 9.80. The van der Waals surface area contributed by atoms with Gasteiger partial charge in [0.25, 0.3) is 0 Å². The molecular formula is C20H39N3O3. The lowest BCUT2D eigenvalue weighted by molar-refractivity contribution is -0.146. The van der Waals surface area contributed by atoms with E-state index in [2.05, 4.69) is 27.7 Å². The molecule has 3 N–H and O–H groups in total. The fourth-order valence-corrected chi connectivity index (χ4v) is 3.64. The maximum absolute atomic E-state index is 12.3. The Morgan fingerprint density at radius 2 is 1.85 bits per heavy atom. The maximum Gasteiger partial charge on any atom is 0.238 e. The largest absolute Gasteiger partial charge is 0.393 e. The Morgan fingerprint density at radius 3 is 2.42 bits per heavy atom. The highest BCUT2D eigenvalue weighted by molar-refractivity contribution is 5.82. The van der Waals surface area contributed by atoms with E-state index >= 15 is 0 Å². The zero-order chi connectivity index (χ0) is 19.7. The molecule has 1 heterocycles. The number of primary amides is 1. The molecule has 1 fully saturated rings. The van der Waals surface area contributed by atoms with E-state index in [0.29, 0.717) is 32.4 Å². The van der Waals surface area contributed by atoms with Crippen molar-refractivity contribution >= 4 is 11.8 Å². The van der Waals surface area contributed by atoms with Crippen LogP contribution in [0.4, 0.5) is 0 Å². The van der Waals surface area contributed by atoms with Crippen LogP contribution in [-0.4, -0.2) is 52.2 Å². The summed E-state index contributed by atoms with van der Waals surface area (Å²) < 4.78 is 0. The zero-order valence-corrected chi connectivity index (χ0v) is 17.2. The standard InChI is InChI=1S/C20H39N3O3/c1-5-7-9-10-16(19(21)26)22-15-12-18(25)23(22)14-11-17(24)20(3,4)13-8-6-2/h16-17,24H,5-15H2,1-4H3,(H2,21,26). The van der Waals surface area contributed by atoms with Gasteiger partial charge in [-0.15, -0.1) is 0 Å². The molecule has 0 aliphatic carbocycles. The molecule has 0 aromatic heterocycles. The molecule has 152 valence electrons. The van der Waals surface area contributed by atoms with Crippen molar-refractivity contribution in [1.82, 2.24) is 10.0 Å². The monoisotopic (exact) mass is 369 g/mol. The first kappa shape index (κ1) is 22.9. The number of hydrazine groups is 1. The van der Waals surface area contributed by atoms with E-state index in [1.807, 2.05) is 5.01 Å². The van der Waals surface area contributed by atoms with Crippen LogP contribution in [0.25, 0.3) is 0 Å². The molecule has 26 heavy (non-hydrogen) atoms. The van der Waals surface area contributed by atoms with Gasteiger partial charge in [0.1, 0.15) is 6.04 Å². The predicted molar refractivity (Wildman–Crippen MR) is 104 cm³/mol. The second-order valence-electron chi connectivity index (χ2n) is 8.24. The quantitative estimate of drug-likeness (QED) is 0.489. The molecule has 0 bridgehead atoms. The van der Waals surface area contributed by atoms with E-state index in [9.17, 15) is 14.7 Å². The van der Waals surface area contributed by atoms with Crippen molar-refractivity contribution in [3.05, 3.63) is 0 Å². The summed E-state index contributed by atoms with van der Waals surface area (Å²) >= 11 is 0. The van der Waals surface area contributed by atoms with Crippen molar-refractivity contribution in [1.29, 1.82) is 0 Å². The fourth-order valence-electron chi connectivity index (χ4n) is 3.64. The number of hydrogen-bond donors (Lipinski definition) is 2. The minimum absolute atomic E-state index is 0.0188. The maximum atomic E-state index is 12.3. The van der Waals surface area contributed by atoms with Crippen LogP contribution < -0.4 is 5.73 Å². The molecule has 0 spiro atoms. The third-order valence-electron chi connectivity index (χ3n) is 5.61. The first-order valence-corrected chi connectivity index (χ1v) is 10.3. The van der Waals surface area contributed by atoms with Crippen molar-refractivity contribution in [2.45, 2.75) is 97.6 Å². The second kappa shape index (κ2) is 10.9. The van der Waals surface area contributed by atoms with E-state index in [4.69, 9.17) is 5.73 Å². The molecule has 2 atom stereocenters. The van der Waals surface area contributed by atoms with E-state index in [1.54, 1.807) is 5.01 Å². The summed E-state index contributed by atoms with van der Waals surface area (Å²) in [7, 11) is 0. The molecule has 6 heteroatoms. The van der Waals surface area contributed by atoms with E-state index in [-0.39, 0.29) is 17.2 Å². The van der Waals surface area contributed by atoms with Gasteiger partial charge in [0.2, 0.25) is 11.8 Å². The lowest BCUT2D eigenvalue weighted by Crippen LogP contribution is -2.52. The van der Waals surface area contributed by atoms with Gasteiger partial charge in [-0.1, -0.05) is 59.8 Å². The SMILES string of the molecule is CCCCCC(C(N)=O)N1CCC(=O)N1CCC(O)C(C)(C)CCCC. The van der Waals surface area contributed by atoms with Gasteiger partial charge in [-0.05, 0) is 24.7 Å². The molecule has 0 aromatic rings. The van der Waals surface area contributed by atoms with Crippen molar-refractivity contribution < 1.29 is 14.7 Å². The Kier molecular flexibility index (Phi) is 9.58. The number of rotatable bonds is 13. The van der Waals surface area contributed by atoms with Crippen LogP contribution in [0.3, 0.4) is 0 Å². The van der Waals surface area contributed by atoms with Crippen LogP contribution in [-0.2, 0) is 9.59 Å². The van der Waals surface area contributed by atoms with Gasteiger partial charge in [-0.25, -0.2) is 5.01 Å². The van der Waals surface area contributed by atoms with Crippen molar-refractivity contribution in [3.8, 4) is 0 Å². The average Bonchev–Trinajstić information content (AvgIpc) is 2.94. The molecule has 6 nitrogen and oxygen atoms in total. The molecule has 2 amide bonds. The normalized spacial score (nSPS) is 18.3. The first-order chi connectivity index (χ1) is 12.2. The highest BCUT2D eigenvalue weighted by Crippen LogP contribution is 2.30. The van der Waals surface area contributed by atoms with Crippen molar-refractivity contribution in [3.63, 3.8) is 0 Å². The van der Waals surface area contributed by atoms with Gasteiger partial charge < -0.3 is 10.8 Å². The molecule has 1 aliphatic rings. The third-order valence-corrected chi connectivity index (χ3v) is 5.61. The van der Waals surface area contributed by atoms with Gasteiger partial charge in [-0.3, -0.25) is 14.6 Å². The van der Waals surface area contributed by atoms with Gasteiger partial charge in [-0.2, -0.15) is 0 Å². The summed E-state index contributed by atoms with van der Waals surface area (Å²) in [5.41, 5.74) is 5.45. The lowest BCUT2D eigenvalue weighted by Gasteiger charge is -2.36. The van der Waals surface area contributed by atoms with Gasteiger partial charge >= 0.3 is 0 Å². The van der Waals surface area contributed by atoms with Gasteiger partial charge in [0.05, 0.1) is 6.10 Å². The van der Waals surface area contributed by atoms with Crippen LogP contribution in [0.2, 0.25) is 0 Å². The number of carbonyl (C=O) groups is 2. The minimum atomic E-state index is -0.476. The summed E-state index contributed by atoms with van der Waals surface area (Å²) in [4.78, 5) is 24.3. The Morgan fingerprint density at radius 1 is 1.19 bits per heavy atom. The molecule has 2 unspecified atom stereocenters. The summed E-state index contributed by atoms with van der Waals surface area (Å²) in [6.07, 6.45) is 7.33. The Hall–Kier alpha value is -1.14. The number of aliphatic hydroxyl groups excluding tert-OH is 1. The number of hydrogen-bond acceptors (Lipinski definition) is 4. The predicted octanol–water partition coefficient (Wildman–Crippen LogP) is 2.84. The molecule has 0 saturated carbocycles. The molecule has 1 aliphatic heterocycles. The summed E-state index contributed by atoms with van der Waals surface area (Å²) in [5.74, 6) is -0.352. The van der Waals surface area contributed by atoms with Crippen LogP contribution in [0.5, 0.6) is 0 Å². The van der Waals surface area contributed by atoms with E-state index in [1.165, 1.54) is 0 Å². The molecule has 0 aromatic carbocycles. The highest BCUT2D eigenvalue weighted by Gasteiger charge is 2.37. The Bertz CT molecular complexity index is 454. The number of aliphatic hydroxyl groups is 1. The van der Waals surface area contributed by atoms with E-state index < -0.39 is 12.1 Å². The number of amides is 2. The van der Waals surface area contributed by atoms with Crippen LogP contribution in [0, 0.1) is 5.41 Å².